The van der Waals surface area contributed by atoms with E-state index < -0.39 is 16.9 Å². The number of halogens is 1. The first kappa shape index (κ1) is 16.9. The van der Waals surface area contributed by atoms with Gasteiger partial charge in [0.25, 0.3) is 5.89 Å². The predicted molar refractivity (Wildman–Crippen MR) is 97.9 cm³/mol. The minimum Gasteiger partial charge on any atom is -0.334 e. The highest BCUT2D eigenvalue weighted by Gasteiger charge is 2.14. The average molecular weight is 366 g/mol. The van der Waals surface area contributed by atoms with Crippen molar-refractivity contribution in [3.63, 3.8) is 0 Å². The van der Waals surface area contributed by atoms with Gasteiger partial charge < -0.3 is 9.51 Å². The first-order valence-corrected chi connectivity index (χ1v) is 8.32. The Hall–Kier alpha value is -3.55. The molecule has 0 aliphatic rings. The standard InChI is InChI=1S/C19H15FN4O3/c1-10(2)24-15-7-6-11(9-14(15)21-17(25)19(24)26)16-22-18(27-23-16)12-4-3-5-13(20)8-12/h3-10H,1-2H3,(H,21,25). The third-order valence-corrected chi connectivity index (χ3v) is 4.19. The average Bonchev–Trinajstić information content (AvgIpc) is 3.12. The molecule has 27 heavy (non-hydrogen) atoms. The Labute approximate surface area is 152 Å². The van der Waals surface area contributed by atoms with Gasteiger partial charge in [-0.1, -0.05) is 11.2 Å². The lowest BCUT2D eigenvalue weighted by Crippen LogP contribution is -2.37. The van der Waals surface area contributed by atoms with Gasteiger partial charge in [0.15, 0.2) is 0 Å². The smallest absolute Gasteiger partial charge is 0.316 e. The summed E-state index contributed by atoms with van der Waals surface area (Å²) in [7, 11) is 0. The van der Waals surface area contributed by atoms with Gasteiger partial charge >= 0.3 is 11.1 Å². The van der Waals surface area contributed by atoms with Crippen molar-refractivity contribution in [1.29, 1.82) is 0 Å². The number of fused-ring (bicyclic) bond motifs is 1. The van der Waals surface area contributed by atoms with E-state index in [0.717, 1.165) is 0 Å². The first-order valence-electron chi connectivity index (χ1n) is 8.32. The molecule has 0 aliphatic heterocycles. The Morgan fingerprint density at radius 1 is 1.11 bits per heavy atom. The monoisotopic (exact) mass is 366 g/mol. The lowest BCUT2D eigenvalue weighted by atomic mass is 10.1. The third kappa shape index (κ3) is 2.95. The van der Waals surface area contributed by atoms with E-state index in [2.05, 4.69) is 15.1 Å². The van der Waals surface area contributed by atoms with E-state index in [4.69, 9.17) is 4.52 Å². The lowest BCUT2D eigenvalue weighted by Gasteiger charge is -2.13. The maximum absolute atomic E-state index is 13.4. The van der Waals surface area contributed by atoms with Gasteiger partial charge in [0.1, 0.15) is 5.82 Å². The van der Waals surface area contributed by atoms with Gasteiger partial charge in [-0.05, 0) is 50.2 Å². The van der Waals surface area contributed by atoms with E-state index >= 15 is 0 Å². The van der Waals surface area contributed by atoms with E-state index in [1.165, 1.54) is 16.7 Å². The van der Waals surface area contributed by atoms with E-state index in [-0.39, 0.29) is 11.9 Å². The molecule has 0 unspecified atom stereocenters. The molecule has 4 rings (SSSR count). The molecule has 136 valence electrons. The molecule has 0 amide bonds. The summed E-state index contributed by atoms with van der Waals surface area (Å²) < 4.78 is 20.0. The molecule has 0 fully saturated rings. The molecule has 1 N–H and O–H groups in total. The molecule has 0 radical (unpaired) electrons. The van der Waals surface area contributed by atoms with Crippen LogP contribution < -0.4 is 11.1 Å². The summed E-state index contributed by atoms with van der Waals surface area (Å²) in [4.78, 5) is 30.9. The molecule has 0 aliphatic carbocycles. The van der Waals surface area contributed by atoms with Crippen molar-refractivity contribution in [2.45, 2.75) is 19.9 Å². The fourth-order valence-electron chi connectivity index (χ4n) is 2.97. The fourth-order valence-corrected chi connectivity index (χ4v) is 2.97. The van der Waals surface area contributed by atoms with E-state index in [1.54, 1.807) is 30.3 Å². The second kappa shape index (κ2) is 6.31. The van der Waals surface area contributed by atoms with Crippen molar-refractivity contribution < 1.29 is 8.91 Å². The van der Waals surface area contributed by atoms with Gasteiger partial charge in [-0.2, -0.15) is 4.98 Å². The fraction of sp³-hybridized carbons (Fsp3) is 0.158. The Balaban J connectivity index is 1.83. The molecule has 0 atom stereocenters. The van der Waals surface area contributed by atoms with Crippen LogP contribution >= 0.6 is 0 Å². The summed E-state index contributed by atoms with van der Waals surface area (Å²) in [6, 6.07) is 10.8. The van der Waals surface area contributed by atoms with Crippen molar-refractivity contribution >= 4 is 11.0 Å². The van der Waals surface area contributed by atoms with E-state index in [0.29, 0.717) is 28.0 Å². The Bertz CT molecular complexity index is 1270. The van der Waals surface area contributed by atoms with Crippen LogP contribution in [0.3, 0.4) is 0 Å². The molecule has 0 saturated carbocycles. The maximum Gasteiger partial charge on any atom is 0.316 e. The highest BCUT2D eigenvalue weighted by atomic mass is 19.1. The number of aromatic amines is 1. The molecular formula is C19H15FN4O3. The number of H-pyrrole nitrogens is 1. The van der Waals surface area contributed by atoms with Crippen LogP contribution in [0.2, 0.25) is 0 Å². The lowest BCUT2D eigenvalue weighted by molar-refractivity contribution is 0.432. The summed E-state index contributed by atoms with van der Waals surface area (Å²) in [6.45, 7) is 3.66. The molecule has 0 saturated heterocycles. The van der Waals surface area contributed by atoms with E-state index in [1.807, 2.05) is 13.8 Å². The van der Waals surface area contributed by atoms with Crippen molar-refractivity contribution in [1.82, 2.24) is 19.7 Å². The summed E-state index contributed by atoms with van der Waals surface area (Å²) in [5.74, 6) is 0.0757. The van der Waals surface area contributed by atoms with Crippen LogP contribution in [-0.4, -0.2) is 19.7 Å². The predicted octanol–water partition coefficient (Wildman–Crippen LogP) is 3.13. The van der Waals surface area contributed by atoms with Gasteiger partial charge in [0.05, 0.1) is 11.0 Å². The Kier molecular flexibility index (Phi) is 3.95. The summed E-state index contributed by atoms with van der Waals surface area (Å²) in [5.41, 5.74) is 0.866. The molecule has 0 bridgehead atoms. The van der Waals surface area contributed by atoms with Crippen molar-refractivity contribution in [2.24, 2.45) is 0 Å². The van der Waals surface area contributed by atoms with Crippen LogP contribution in [0.25, 0.3) is 33.9 Å². The quantitative estimate of drug-likeness (QED) is 0.562. The van der Waals surface area contributed by atoms with Gasteiger partial charge in [0.2, 0.25) is 5.82 Å². The van der Waals surface area contributed by atoms with Gasteiger partial charge in [-0.15, -0.1) is 0 Å². The number of rotatable bonds is 3. The van der Waals surface area contributed by atoms with Crippen LogP contribution in [0, 0.1) is 5.82 Å². The Morgan fingerprint density at radius 3 is 2.67 bits per heavy atom. The zero-order valence-corrected chi connectivity index (χ0v) is 14.6. The SMILES string of the molecule is CC(C)n1c(=O)c(=O)[nH]c2cc(-c3noc(-c4cccc(F)c4)n3)ccc21. The molecule has 2 aromatic heterocycles. The first-order chi connectivity index (χ1) is 12.9. The number of nitrogens with zero attached hydrogens (tertiary/aromatic N) is 3. The summed E-state index contributed by atoms with van der Waals surface area (Å²) in [5, 5.41) is 3.93. The molecule has 4 aromatic rings. The van der Waals surface area contributed by atoms with Crippen LogP contribution in [0.1, 0.15) is 19.9 Å². The zero-order valence-electron chi connectivity index (χ0n) is 14.6. The minimum atomic E-state index is -0.693. The second-order valence-electron chi connectivity index (χ2n) is 6.39. The number of benzene rings is 2. The third-order valence-electron chi connectivity index (χ3n) is 4.19. The highest BCUT2D eigenvalue weighted by Crippen LogP contribution is 2.25. The van der Waals surface area contributed by atoms with Gasteiger partial charge in [-0.25, -0.2) is 4.39 Å². The van der Waals surface area contributed by atoms with Crippen molar-refractivity contribution in [3.05, 3.63) is 69.0 Å². The van der Waals surface area contributed by atoms with Crippen molar-refractivity contribution in [3.8, 4) is 22.8 Å². The molecule has 0 spiro atoms. The maximum atomic E-state index is 13.4. The number of aromatic nitrogens is 4. The van der Waals surface area contributed by atoms with Crippen LogP contribution in [0.5, 0.6) is 0 Å². The summed E-state index contributed by atoms with van der Waals surface area (Å²) >= 11 is 0. The second-order valence-corrected chi connectivity index (χ2v) is 6.39. The van der Waals surface area contributed by atoms with Crippen LogP contribution in [-0.2, 0) is 0 Å². The van der Waals surface area contributed by atoms with Crippen LogP contribution in [0.15, 0.2) is 56.6 Å². The van der Waals surface area contributed by atoms with Crippen LogP contribution in [0.4, 0.5) is 4.39 Å². The molecule has 7 nitrogen and oxygen atoms in total. The van der Waals surface area contributed by atoms with Gasteiger partial charge in [-0.3, -0.25) is 14.2 Å². The zero-order chi connectivity index (χ0) is 19.1. The normalized spacial score (nSPS) is 11.4. The molecule has 8 heteroatoms. The molecule has 2 aromatic carbocycles. The highest BCUT2D eigenvalue weighted by molar-refractivity contribution is 5.80. The number of nitrogens with one attached hydrogen (secondary N) is 1. The molecule has 2 heterocycles. The molecular weight excluding hydrogens is 351 g/mol. The minimum absolute atomic E-state index is 0.169. The van der Waals surface area contributed by atoms with Gasteiger partial charge in [0, 0.05) is 17.2 Å². The number of hydrogen-bond donors (Lipinski definition) is 1. The van der Waals surface area contributed by atoms with Crippen molar-refractivity contribution in [2.75, 3.05) is 0 Å². The van der Waals surface area contributed by atoms with E-state index in [9.17, 15) is 14.0 Å². The summed E-state index contributed by atoms with van der Waals surface area (Å²) in [6.07, 6.45) is 0. The topological polar surface area (TPSA) is 93.8 Å². The largest absolute Gasteiger partial charge is 0.334 e. The Morgan fingerprint density at radius 2 is 1.93 bits per heavy atom. The number of hydrogen-bond acceptors (Lipinski definition) is 5.